The molecule has 2 rings (SSSR count). The Balaban J connectivity index is 2.04. The number of sulfone groups is 1. The Hall–Kier alpha value is -1.89. The lowest BCUT2D eigenvalue weighted by Gasteiger charge is -2.36. The number of hydrogen-bond acceptors (Lipinski definition) is 4. The minimum absolute atomic E-state index is 0.0587. The maximum absolute atomic E-state index is 12.1. The number of carbonyl (C=O) groups excluding carboxylic acids is 1. The number of aliphatic carboxylic acids is 1. The molecule has 1 aromatic carbocycles. The predicted molar refractivity (Wildman–Crippen MR) is 91.4 cm³/mol. The summed E-state index contributed by atoms with van der Waals surface area (Å²) in [7, 11) is -3.22. The van der Waals surface area contributed by atoms with Crippen LogP contribution in [0.15, 0.2) is 24.3 Å². The van der Waals surface area contributed by atoms with Crippen molar-refractivity contribution in [1.29, 1.82) is 0 Å². The number of benzene rings is 1. The van der Waals surface area contributed by atoms with Crippen LogP contribution in [0.4, 0.5) is 5.69 Å². The van der Waals surface area contributed by atoms with Gasteiger partial charge in [0.1, 0.15) is 0 Å². The van der Waals surface area contributed by atoms with Crippen molar-refractivity contribution in [2.24, 2.45) is 5.41 Å². The van der Waals surface area contributed by atoms with Gasteiger partial charge in [-0.05, 0) is 44.4 Å². The van der Waals surface area contributed by atoms with Gasteiger partial charge in [-0.3, -0.25) is 9.59 Å². The molecule has 7 heteroatoms. The highest BCUT2D eigenvalue weighted by Gasteiger charge is 2.45. The van der Waals surface area contributed by atoms with E-state index in [-0.39, 0.29) is 18.1 Å². The highest BCUT2D eigenvalue weighted by atomic mass is 32.2. The van der Waals surface area contributed by atoms with Crippen LogP contribution < -0.4 is 5.32 Å². The maximum Gasteiger partial charge on any atom is 0.310 e. The van der Waals surface area contributed by atoms with E-state index >= 15 is 0 Å². The highest BCUT2D eigenvalue weighted by molar-refractivity contribution is 7.91. The third-order valence-corrected chi connectivity index (χ3v) is 6.73. The number of carboxylic acids is 1. The average Bonchev–Trinajstić information content (AvgIpc) is 2.42. The highest BCUT2D eigenvalue weighted by Crippen LogP contribution is 2.44. The summed E-state index contributed by atoms with van der Waals surface area (Å²) in [6, 6.07) is 6.65. The summed E-state index contributed by atoms with van der Waals surface area (Å²) < 4.78 is 24.0. The quantitative estimate of drug-likeness (QED) is 0.785. The Morgan fingerprint density at radius 3 is 2.46 bits per heavy atom. The number of hydrogen-bond donors (Lipinski definition) is 2. The van der Waals surface area contributed by atoms with Crippen molar-refractivity contribution in [3.05, 3.63) is 29.8 Å². The van der Waals surface area contributed by atoms with Crippen LogP contribution in [-0.4, -0.2) is 30.7 Å². The average molecular weight is 353 g/mol. The van der Waals surface area contributed by atoms with E-state index in [0.717, 1.165) is 6.42 Å². The maximum atomic E-state index is 12.1. The molecule has 0 unspecified atom stereocenters. The molecule has 0 aliphatic heterocycles. The van der Waals surface area contributed by atoms with Crippen LogP contribution in [0.25, 0.3) is 0 Å². The minimum atomic E-state index is -3.22. The Labute approximate surface area is 142 Å². The molecule has 1 aromatic rings. The molecular formula is C17H23NO5S. The number of anilines is 1. The van der Waals surface area contributed by atoms with Gasteiger partial charge in [-0.25, -0.2) is 8.42 Å². The predicted octanol–water partition coefficient (Wildman–Crippen LogP) is 2.59. The molecular weight excluding hydrogens is 330 g/mol. The monoisotopic (exact) mass is 353 g/mol. The molecule has 0 saturated heterocycles. The van der Waals surface area contributed by atoms with Gasteiger partial charge in [0.2, 0.25) is 5.91 Å². The van der Waals surface area contributed by atoms with Gasteiger partial charge >= 0.3 is 5.97 Å². The van der Waals surface area contributed by atoms with Crippen molar-refractivity contribution in [1.82, 2.24) is 0 Å². The fraction of sp³-hybridized carbons (Fsp3) is 0.529. The number of nitrogens with one attached hydrogen (secondary N) is 1. The van der Waals surface area contributed by atoms with Gasteiger partial charge < -0.3 is 10.4 Å². The van der Waals surface area contributed by atoms with E-state index in [9.17, 15) is 23.1 Å². The van der Waals surface area contributed by atoms with Crippen molar-refractivity contribution in [3.8, 4) is 0 Å². The molecule has 0 atom stereocenters. The summed E-state index contributed by atoms with van der Waals surface area (Å²) in [5, 5.41) is 11.5. The lowest BCUT2D eigenvalue weighted by Crippen LogP contribution is -2.41. The summed E-state index contributed by atoms with van der Waals surface area (Å²) in [4.78, 5) is 23.5. The van der Waals surface area contributed by atoms with E-state index in [2.05, 4.69) is 5.32 Å². The summed E-state index contributed by atoms with van der Waals surface area (Å²) in [6.45, 7) is 3.26. The molecule has 1 aliphatic carbocycles. The van der Waals surface area contributed by atoms with Crippen molar-refractivity contribution in [2.45, 2.75) is 50.5 Å². The lowest BCUT2D eigenvalue weighted by atomic mass is 9.66. The van der Waals surface area contributed by atoms with E-state index in [1.807, 2.05) is 0 Å². The fourth-order valence-corrected chi connectivity index (χ4v) is 3.70. The molecule has 0 spiro atoms. The first-order valence-electron chi connectivity index (χ1n) is 7.98. The van der Waals surface area contributed by atoms with Crippen LogP contribution in [-0.2, 0) is 25.2 Å². The largest absolute Gasteiger partial charge is 0.481 e. The molecule has 0 bridgehead atoms. The topological polar surface area (TPSA) is 101 Å². The molecule has 6 nitrogen and oxygen atoms in total. The molecule has 0 radical (unpaired) electrons. The number of rotatable bonds is 7. The Kier molecular flexibility index (Phi) is 5.32. The third-order valence-electron chi connectivity index (χ3n) is 4.56. The summed E-state index contributed by atoms with van der Waals surface area (Å²) in [6.07, 6.45) is 1.80. The van der Waals surface area contributed by atoms with Gasteiger partial charge in [-0.2, -0.15) is 0 Å². The van der Waals surface area contributed by atoms with E-state index in [4.69, 9.17) is 0 Å². The zero-order valence-electron chi connectivity index (χ0n) is 13.9. The number of carbonyl (C=O) groups is 2. The van der Waals surface area contributed by atoms with E-state index in [1.54, 1.807) is 38.1 Å². The Morgan fingerprint density at radius 1 is 1.29 bits per heavy atom. The van der Waals surface area contributed by atoms with Gasteiger partial charge in [0.05, 0.1) is 16.4 Å². The van der Waals surface area contributed by atoms with Crippen LogP contribution in [0, 0.1) is 5.41 Å². The summed E-state index contributed by atoms with van der Waals surface area (Å²) in [5.41, 5.74) is 0.136. The third kappa shape index (κ3) is 4.14. The summed E-state index contributed by atoms with van der Waals surface area (Å²) in [5.74, 6) is -1.38. The molecule has 1 amide bonds. The van der Waals surface area contributed by atoms with Gasteiger partial charge in [0.15, 0.2) is 9.84 Å². The Bertz CT molecular complexity index is 735. The fourth-order valence-electron chi connectivity index (χ4n) is 2.72. The first-order chi connectivity index (χ1) is 11.1. The van der Waals surface area contributed by atoms with Gasteiger partial charge in [0.25, 0.3) is 0 Å². The first-order valence-corrected chi connectivity index (χ1v) is 9.70. The van der Waals surface area contributed by atoms with E-state index in [1.165, 1.54) is 0 Å². The molecule has 2 N–H and O–H groups in total. The molecule has 0 heterocycles. The van der Waals surface area contributed by atoms with Crippen LogP contribution in [0.1, 0.15) is 45.1 Å². The van der Waals surface area contributed by atoms with Crippen LogP contribution in [0.3, 0.4) is 0 Å². The normalized spacial score (nSPS) is 16.5. The molecule has 0 aromatic heterocycles. The van der Waals surface area contributed by atoms with Crippen molar-refractivity contribution in [3.63, 3.8) is 0 Å². The van der Waals surface area contributed by atoms with Gasteiger partial charge in [0, 0.05) is 12.1 Å². The van der Waals surface area contributed by atoms with Crippen molar-refractivity contribution in [2.75, 3.05) is 5.32 Å². The van der Waals surface area contributed by atoms with Crippen molar-refractivity contribution >= 4 is 27.4 Å². The van der Waals surface area contributed by atoms with Crippen LogP contribution >= 0.6 is 0 Å². The smallest absolute Gasteiger partial charge is 0.310 e. The molecule has 132 valence electrons. The molecule has 1 aliphatic rings. The van der Waals surface area contributed by atoms with E-state index in [0.29, 0.717) is 24.1 Å². The van der Waals surface area contributed by atoms with Crippen LogP contribution in [0.2, 0.25) is 0 Å². The SMILES string of the molecule is CC(C)S(=O)(=O)Cc1cccc(NC(=O)CC2(C(=O)O)CCC2)c1. The first kappa shape index (κ1) is 18.4. The van der Waals surface area contributed by atoms with Gasteiger partial charge in [-0.1, -0.05) is 18.6 Å². The minimum Gasteiger partial charge on any atom is -0.481 e. The number of carboxylic acid groups (broad SMARTS) is 1. The summed E-state index contributed by atoms with van der Waals surface area (Å²) >= 11 is 0. The van der Waals surface area contributed by atoms with Crippen molar-refractivity contribution < 1.29 is 23.1 Å². The zero-order valence-corrected chi connectivity index (χ0v) is 14.7. The number of amides is 1. The lowest BCUT2D eigenvalue weighted by molar-refractivity contribution is -0.157. The Morgan fingerprint density at radius 2 is 1.96 bits per heavy atom. The molecule has 24 heavy (non-hydrogen) atoms. The molecule has 1 saturated carbocycles. The van der Waals surface area contributed by atoms with Gasteiger partial charge in [-0.15, -0.1) is 0 Å². The van der Waals surface area contributed by atoms with E-state index < -0.39 is 26.5 Å². The second kappa shape index (κ2) is 6.93. The zero-order chi connectivity index (χ0) is 18.0. The molecule has 1 fully saturated rings. The van der Waals surface area contributed by atoms with Crippen LogP contribution in [0.5, 0.6) is 0 Å². The standard InChI is InChI=1S/C17H23NO5S/c1-12(2)24(22,23)11-13-5-3-6-14(9-13)18-15(19)10-17(16(20)21)7-4-8-17/h3,5-6,9,12H,4,7-8,10-11H2,1-2H3,(H,18,19)(H,20,21). The second-order valence-electron chi connectivity index (χ2n) is 6.72. The second-order valence-corrected chi connectivity index (χ2v) is 9.28.